The van der Waals surface area contributed by atoms with E-state index in [2.05, 4.69) is 44.4 Å². The highest BCUT2D eigenvalue weighted by Crippen LogP contribution is 2.37. The highest BCUT2D eigenvalue weighted by molar-refractivity contribution is 7.19. The molecule has 0 spiro atoms. The fraction of sp³-hybridized carbons (Fsp3) is 0.226. The third-order valence-corrected chi connectivity index (χ3v) is 9.87. The molecule has 1 N–H and O–H groups in total. The molecule has 0 bridgehead atoms. The molecule has 1 aromatic carbocycles. The number of thiophene rings is 2. The minimum Gasteiger partial charge on any atom is -0.486 e. The molecular formula is C31H26ClN7O4S2. The van der Waals surface area contributed by atoms with E-state index >= 15 is 0 Å². The monoisotopic (exact) mass is 659 g/mol. The predicted molar refractivity (Wildman–Crippen MR) is 175 cm³/mol. The Morgan fingerprint density at radius 3 is 1.98 bits per heavy atom. The van der Waals surface area contributed by atoms with Crippen molar-refractivity contribution in [3.63, 3.8) is 0 Å². The van der Waals surface area contributed by atoms with E-state index in [0.717, 1.165) is 48.9 Å². The van der Waals surface area contributed by atoms with Crippen LogP contribution in [0.5, 0.6) is 11.5 Å². The molecule has 1 aliphatic heterocycles. The lowest BCUT2D eigenvalue weighted by molar-refractivity contribution is 0.171. The first kappa shape index (κ1) is 29.1. The van der Waals surface area contributed by atoms with Gasteiger partial charge >= 0.3 is 0 Å². The van der Waals surface area contributed by atoms with Gasteiger partial charge in [-0.3, -0.25) is 0 Å². The van der Waals surface area contributed by atoms with Crippen LogP contribution < -0.4 is 14.8 Å². The molecule has 6 aromatic heterocycles. The highest BCUT2D eigenvalue weighted by atomic mass is 35.5. The van der Waals surface area contributed by atoms with Crippen LogP contribution in [0.2, 0.25) is 5.15 Å². The third-order valence-electron chi connectivity index (χ3n) is 7.40. The summed E-state index contributed by atoms with van der Waals surface area (Å²) in [6.07, 6.45) is 3.15. The number of aromatic nitrogens is 6. The van der Waals surface area contributed by atoms with Crippen molar-refractivity contribution in [3.8, 4) is 34.7 Å². The molecule has 11 nitrogen and oxygen atoms in total. The van der Waals surface area contributed by atoms with Crippen LogP contribution in [0.3, 0.4) is 0 Å². The average Bonchev–Trinajstić information content (AvgIpc) is 3.86. The molecule has 0 saturated heterocycles. The quantitative estimate of drug-likeness (QED) is 0.180. The van der Waals surface area contributed by atoms with Gasteiger partial charge in [-0.05, 0) is 56.5 Å². The number of benzene rings is 1. The maximum Gasteiger partial charge on any atom is 0.204 e. The van der Waals surface area contributed by atoms with Crippen LogP contribution in [0.4, 0.5) is 5.82 Å². The van der Waals surface area contributed by atoms with Crippen molar-refractivity contribution in [1.82, 2.24) is 30.2 Å². The summed E-state index contributed by atoms with van der Waals surface area (Å²) in [7, 11) is 0. The SMILES string of the molecule is Cc1sc2nc(-c3ccno3)nc(Cl)c2c1C.Cc1sc2nc(-c3ccno3)nc(NCc3ccc4c(c3)OCCO4)c2c1C. The van der Waals surface area contributed by atoms with Crippen LogP contribution in [-0.2, 0) is 6.54 Å². The van der Waals surface area contributed by atoms with E-state index in [4.69, 9.17) is 35.1 Å². The van der Waals surface area contributed by atoms with Gasteiger partial charge in [0.25, 0.3) is 0 Å². The number of rotatable bonds is 5. The zero-order valence-electron chi connectivity index (χ0n) is 24.7. The van der Waals surface area contributed by atoms with Gasteiger partial charge in [-0.25, -0.2) is 19.9 Å². The highest BCUT2D eigenvalue weighted by Gasteiger charge is 2.18. The second kappa shape index (κ2) is 12.1. The number of hydrogen-bond donors (Lipinski definition) is 1. The summed E-state index contributed by atoms with van der Waals surface area (Å²) >= 11 is 9.45. The fourth-order valence-corrected chi connectivity index (χ4v) is 7.27. The van der Waals surface area contributed by atoms with E-state index < -0.39 is 0 Å². The number of halogens is 1. The van der Waals surface area contributed by atoms with Crippen LogP contribution in [0.1, 0.15) is 26.4 Å². The molecule has 0 saturated carbocycles. The Bertz CT molecular complexity index is 2140. The molecule has 0 radical (unpaired) electrons. The van der Waals surface area contributed by atoms with Gasteiger partial charge in [-0.1, -0.05) is 28.0 Å². The first-order valence-corrected chi connectivity index (χ1v) is 16.0. The number of nitrogens with zero attached hydrogens (tertiary/aromatic N) is 6. The summed E-state index contributed by atoms with van der Waals surface area (Å²) in [5.74, 6) is 4.43. The van der Waals surface area contributed by atoms with Gasteiger partial charge in [0.1, 0.15) is 33.8 Å². The third kappa shape index (κ3) is 5.70. The van der Waals surface area contributed by atoms with E-state index in [0.29, 0.717) is 48.1 Å². The molecule has 0 aliphatic carbocycles. The summed E-state index contributed by atoms with van der Waals surface area (Å²) in [6, 6.07) is 9.45. The topological polar surface area (TPSA) is 134 Å². The minimum atomic E-state index is 0.461. The summed E-state index contributed by atoms with van der Waals surface area (Å²) in [6.45, 7) is 10.0. The molecule has 228 valence electrons. The first-order valence-electron chi connectivity index (χ1n) is 14.0. The molecule has 8 rings (SSSR count). The largest absolute Gasteiger partial charge is 0.486 e. The second-order valence-electron chi connectivity index (χ2n) is 10.2. The Morgan fingerprint density at radius 2 is 1.33 bits per heavy atom. The Hall–Kier alpha value is -4.59. The lowest BCUT2D eigenvalue weighted by atomic mass is 10.1. The summed E-state index contributed by atoms with van der Waals surface area (Å²) in [5, 5.41) is 13.3. The number of fused-ring (bicyclic) bond motifs is 3. The van der Waals surface area contributed by atoms with Crippen molar-refractivity contribution >= 4 is 60.5 Å². The van der Waals surface area contributed by atoms with Crippen LogP contribution in [0, 0.1) is 27.7 Å². The molecule has 14 heteroatoms. The van der Waals surface area contributed by atoms with E-state index in [1.807, 2.05) is 32.0 Å². The molecule has 7 aromatic rings. The van der Waals surface area contributed by atoms with E-state index in [1.165, 1.54) is 15.3 Å². The van der Waals surface area contributed by atoms with Crippen molar-refractivity contribution in [3.05, 3.63) is 74.3 Å². The van der Waals surface area contributed by atoms with Gasteiger partial charge in [0.15, 0.2) is 11.5 Å². The number of hydrogen-bond acceptors (Lipinski definition) is 13. The van der Waals surface area contributed by atoms with Gasteiger partial charge in [0, 0.05) is 28.4 Å². The minimum absolute atomic E-state index is 0.461. The van der Waals surface area contributed by atoms with E-state index in [-0.39, 0.29) is 0 Å². The fourth-order valence-electron chi connectivity index (χ4n) is 4.84. The maximum absolute atomic E-state index is 6.19. The van der Waals surface area contributed by atoms with Gasteiger partial charge in [0.2, 0.25) is 23.2 Å². The standard InChI is InChI=1S/C20H18N4O3S.C11H8ClN3OS/c1-11-12(2)28-20-17(11)19(23-18(24-20)15-5-6-22-27-15)21-10-13-3-4-14-16(9-13)26-8-7-25-14;1-5-6(2)17-11-8(5)9(12)14-10(15-11)7-3-4-13-16-7/h3-6,9H,7-8,10H2,1-2H3,(H,21,23,24);3-4H,1-2H3. The molecule has 7 heterocycles. The van der Waals surface area contributed by atoms with E-state index in [9.17, 15) is 0 Å². The zero-order valence-corrected chi connectivity index (χ0v) is 27.1. The molecule has 0 atom stereocenters. The molecular weight excluding hydrogens is 634 g/mol. The Balaban J connectivity index is 0.000000163. The predicted octanol–water partition coefficient (Wildman–Crippen LogP) is 7.96. The number of ether oxygens (including phenoxy) is 2. The zero-order chi connectivity index (χ0) is 31.1. The average molecular weight is 660 g/mol. The van der Waals surface area contributed by atoms with Crippen LogP contribution >= 0.6 is 34.3 Å². The van der Waals surface area contributed by atoms with E-state index in [1.54, 1.807) is 47.2 Å². The molecule has 1 aliphatic rings. The van der Waals surface area contributed by atoms with Crippen molar-refractivity contribution in [1.29, 1.82) is 0 Å². The molecule has 0 unspecified atom stereocenters. The van der Waals surface area contributed by atoms with Crippen molar-refractivity contribution in [2.45, 2.75) is 34.2 Å². The Kier molecular flexibility index (Phi) is 7.81. The molecule has 0 fully saturated rings. The van der Waals surface area contributed by atoms with Crippen LogP contribution in [-0.4, -0.2) is 43.5 Å². The number of aryl methyl sites for hydroxylation is 4. The van der Waals surface area contributed by atoms with Crippen molar-refractivity contribution in [2.24, 2.45) is 0 Å². The van der Waals surface area contributed by atoms with Crippen molar-refractivity contribution < 1.29 is 18.5 Å². The lowest BCUT2D eigenvalue weighted by Crippen LogP contribution is -2.15. The summed E-state index contributed by atoms with van der Waals surface area (Å²) in [5.41, 5.74) is 3.41. The van der Waals surface area contributed by atoms with Crippen molar-refractivity contribution in [2.75, 3.05) is 18.5 Å². The second-order valence-corrected chi connectivity index (χ2v) is 13.0. The molecule has 45 heavy (non-hydrogen) atoms. The van der Waals surface area contributed by atoms with Crippen LogP contribution in [0.15, 0.2) is 51.8 Å². The summed E-state index contributed by atoms with van der Waals surface area (Å²) < 4.78 is 21.6. The summed E-state index contributed by atoms with van der Waals surface area (Å²) in [4.78, 5) is 22.3. The smallest absolute Gasteiger partial charge is 0.204 e. The molecule has 0 amide bonds. The first-order chi connectivity index (χ1) is 21.9. The maximum atomic E-state index is 6.19. The van der Waals surface area contributed by atoms with Gasteiger partial charge in [-0.15, -0.1) is 22.7 Å². The van der Waals surface area contributed by atoms with Gasteiger partial charge in [-0.2, -0.15) is 0 Å². The van der Waals surface area contributed by atoms with Crippen LogP contribution in [0.25, 0.3) is 43.6 Å². The van der Waals surface area contributed by atoms with Gasteiger partial charge in [0.05, 0.1) is 23.2 Å². The normalized spacial score (nSPS) is 12.4. The number of nitrogens with one attached hydrogen (secondary N) is 1. The van der Waals surface area contributed by atoms with Gasteiger partial charge < -0.3 is 23.8 Å². The lowest BCUT2D eigenvalue weighted by Gasteiger charge is -2.19. The number of anilines is 1. The Labute approximate surface area is 270 Å². The Morgan fingerprint density at radius 1 is 0.733 bits per heavy atom.